The van der Waals surface area contributed by atoms with Crippen molar-refractivity contribution in [2.45, 2.75) is 52.4 Å². The normalized spacial score (nSPS) is 11.4. The van der Waals surface area contributed by atoms with Gasteiger partial charge in [0, 0.05) is 35.9 Å². The van der Waals surface area contributed by atoms with Gasteiger partial charge in [0.15, 0.2) is 5.13 Å². The van der Waals surface area contributed by atoms with Crippen LogP contribution in [-0.2, 0) is 27.8 Å². The van der Waals surface area contributed by atoms with E-state index in [-0.39, 0.29) is 17.7 Å². The van der Waals surface area contributed by atoms with Gasteiger partial charge in [-0.1, -0.05) is 38.5 Å². The number of pyridine rings is 1. The van der Waals surface area contributed by atoms with E-state index in [2.05, 4.69) is 36.1 Å². The Labute approximate surface area is 238 Å². The Morgan fingerprint density at radius 1 is 1.10 bits per heavy atom. The van der Waals surface area contributed by atoms with Crippen LogP contribution >= 0.6 is 11.3 Å². The number of hydrogen-bond donors (Lipinski definition) is 2. The zero-order valence-electron chi connectivity index (χ0n) is 23.5. The number of hydrogen-bond acceptors (Lipinski definition) is 7. The van der Waals surface area contributed by atoms with Crippen molar-refractivity contribution >= 4 is 40.0 Å². The van der Waals surface area contributed by atoms with Gasteiger partial charge in [-0.3, -0.25) is 4.79 Å². The molecule has 4 rings (SSSR count). The number of carbonyl (C=O) groups is 2. The first-order valence-electron chi connectivity index (χ1n) is 13.0. The summed E-state index contributed by atoms with van der Waals surface area (Å²) in [5.41, 5.74) is 9.47. The Hall–Kier alpha value is -4.09. The molecular weight excluding hydrogens is 526 g/mol. The maximum atomic E-state index is 12.8. The molecule has 0 aliphatic carbocycles. The molecule has 0 bridgehead atoms. The van der Waals surface area contributed by atoms with Crippen molar-refractivity contribution in [2.24, 2.45) is 5.73 Å². The third-order valence-corrected chi connectivity index (χ3v) is 7.25. The molecule has 0 saturated heterocycles. The molecule has 4 aromatic rings. The quantitative estimate of drug-likeness (QED) is 0.270. The summed E-state index contributed by atoms with van der Waals surface area (Å²) in [6.45, 7) is 8.59. The number of nitrogens with two attached hydrogens (primary N) is 1. The van der Waals surface area contributed by atoms with Crippen LogP contribution in [0.25, 0.3) is 5.69 Å². The van der Waals surface area contributed by atoms with Crippen LogP contribution in [0.15, 0.2) is 54.9 Å². The molecule has 0 aliphatic heterocycles. The highest BCUT2D eigenvalue weighted by molar-refractivity contribution is 7.15. The molecule has 210 valence electrons. The minimum Gasteiger partial charge on any atom is -0.384 e. The summed E-state index contributed by atoms with van der Waals surface area (Å²) >= 11 is 1.40. The standard InChI is InChI=1S/C29H35N7O3S/c1-19-6-9-21(10-7-19)36-26(17-23(34-36)29(2,3)4)35(27(30)38)28-32-18-22(40-28)11-8-20-12-14-31-24(16-20)33-25(37)13-15-39-5/h6-7,9-10,12,14,16-18H,8,11,13,15H2,1-5H3,(H2,30,38)(H,31,33,37). The molecule has 1 aromatic carbocycles. The molecule has 40 heavy (non-hydrogen) atoms. The molecule has 0 radical (unpaired) electrons. The number of ether oxygens (including phenoxy) is 1. The minimum atomic E-state index is -0.641. The number of rotatable bonds is 10. The Morgan fingerprint density at radius 2 is 1.85 bits per heavy atom. The largest absolute Gasteiger partial charge is 0.384 e. The fourth-order valence-corrected chi connectivity index (χ4v) is 4.88. The number of primary amides is 1. The van der Waals surface area contributed by atoms with Crippen molar-refractivity contribution in [3.63, 3.8) is 0 Å². The zero-order chi connectivity index (χ0) is 28.9. The van der Waals surface area contributed by atoms with Crippen molar-refractivity contribution in [1.82, 2.24) is 19.7 Å². The van der Waals surface area contributed by atoms with Gasteiger partial charge in [0.2, 0.25) is 5.91 Å². The second-order valence-electron chi connectivity index (χ2n) is 10.5. The minimum absolute atomic E-state index is 0.148. The molecule has 0 spiro atoms. The van der Waals surface area contributed by atoms with E-state index < -0.39 is 6.03 Å². The van der Waals surface area contributed by atoms with Gasteiger partial charge in [-0.05, 0) is 49.6 Å². The van der Waals surface area contributed by atoms with Crippen LogP contribution in [0.3, 0.4) is 0 Å². The molecule has 10 nitrogen and oxygen atoms in total. The molecule has 3 amide bonds. The molecule has 0 atom stereocenters. The first kappa shape index (κ1) is 28.9. The Balaban J connectivity index is 1.56. The van der Waals surface area contributed by atoms with Gasteiger partial charge >= 0.3 is 6.03 Å². The molecule has 11 heteroatoms. The summed E-state index contributed by atoms with van der Waals surface area (Å²) in [7, 11) is 1.56. The number of urea groups is 1. The molecule has 0 saturated carbocycles. The van der Waals surface area contributed by atoms with Crippen LogP contribution in [-0.4, -0.2) is 45.4 Å². The number of anilines is 3. The van der Waals surface area contributed by atoms with Crippen molar-refractivity contribution in [1.29, 1.82) is 0 Å². The number of thiazole rings is 1. The van der Waals surface area contributed by atoms with Gasteiger partial charge < -0.3 is 15.8 Å². The average molecular weight is 562 g/mol. The summed E-state index contributed by atoms with van der Waals surface area (Å²) in [6.07, 6.45) is 5.10. The number of nitrogens with zero attached hydrogens (tertiary/aromatic N) is 5. The highest BCUT2D eigenvalue weighted by Gasteiger charge is 2.28. The van der Waals surface area contributed by atoms with Crippen molar-refractivity contribution in [3.05, 3.63) is 76.6 Å². The van der Waals surface area contributed by atoms with Gasteiger partial charge in [0.05, 0.1) is 24.4 Å². The summed E-state index contributed by atoms with van der Waals surface area (Å²) in [4.78, 5) is 36.0. The van der Waals surface area contributed by atoms with Gasteiger partial charge in [0.25, 0.3) is 0 Å². The second-order valence-corrected chi connectivity index (χ2v) is 11.6. The third-order valence-electron chi connectivity index (χ3n) is 6.20. The molecule has 0 aliphatic rings. The second kappa shape index (κ2) is 12.4. The highest BCUT2D eigenvalue weighted by atomic mass is 32.1. The number of nitrogens with one attached hydrogen (secondary N) is 1. The number of carbonyl (C=O) groups excluding carboxylic acids is 2. The SMILES string of the molecule is COCCC(=O)Nc1cc(CCc2cnc(N(C(N)=O)c3cc(C(C)(C)C)nn3-c3ccc(C)cc3)s2)ccn1. The first-order chi connectivity index (χ1) is 19.0. The molecular formula is C29H35N7O3S. The van der Waals surface area contributed by atoms with Crippen molar-refractivity contribution in [3.8, 4) is 5.69 Å². The van der Waals surface area contributed by atoms with Crippen LogP contribution in [0.4, 0.5) is 21.6 Å². The average Bonchev–Trinajstić information content (AvgIpc) is 3.55. The van der Waals surface area contributed by atoms with Crippen LogP contribution < -0.4 is 16.0 Å². The summed E-state index contributed by atoms with van der Waals surface area (Å²) < 4.78 is 6.69. The molecule has 0 fully saturated rings. The highest BCUT2D eigenvalue weighted by Crippen LogP contribution is 2.35. The Kier molecular flexibility index (Phi) is 8.96. The summed E-state index contributed by atoms with van der Waals surface area (Å²) in [5.74, 6) is 0.886. The molecule has 3 N–H and O–H groups in total. The Bertz CT molecular complexity index is 1470. The summed E-state index contributed by atoms with van der Waals surface area (Å²) in [6, 6.07) is 13.0. The van der Waals surface area contributed by atoms with Gasteiger partial charge in [-0.25, -0.2) is 24.3 Å². The number of aromatic nitrogens is 4. The number of aryl methyl sites for hydroxylation is 3. The smallest absolute Gasteiger partial charge is 0.326 e. The van der Waals surface area contributed by atoms with Crippen LogP contribution in [0.2, 0.25) is 0 Å². The van der Waals surface area contributed by atoms with E-state index in [1.165, 1.54) is 16.2 Å². The van der Waals surface area contributed by atoms with Crippen molar-refractivity contribution < 1.29 is 14.3 Å². The number of benzene rings is 1. The van der Waals surface area contributed by atoms with E-state index in [0.29, 0.717) is 36.2 Å². The van der Waals surface area contributed by atoms with E-state index in [0.717, 1.165) is 27.4 Å². The number of amides is 3. The van der Waals surface area contributed by atoms with Gasteiger partial charge in [-0.15, -0.1) is 11.3 Å². The topological polar surface area (TPSA) is 128 Å². The molecule has 3 heterocycles. The maximum Gasteiger partial charge on any atom is 0.326 e. The van der Waals surface area contributed by atoms with E-state index >= 15 is 0 Å². The van der Waals surface area contributed by atoms with Crippen LogP contribution in [0.1, 0.15) is 48.9 Å². The van der Waals surface area contributed by atoms with Crippen LogP contribution in [0, 0.1) is 6.92 Å². The van der Waals surface area contributed by atoms with E-state index in [1.807, 2.05) is 49.4 Å². The number of methoxy groups -OCH3 is 1. The molecule has 3 aromatic heterocycles. The van der Waals surface area contributed by atoms with E-state index in [4.69, 9.17) is 15.6 Å². The lowest BCUT2D eigenvalue weighted by Gasteiger charge is -2.18. The fraction of sp³-hybridized carbons (Fsp3) is 0.345. The zero-order valence-corrected chi connectivity index (χ0v) is 24.3. The van der Waals surface area contributed by atoms with E-state index in [1.54, 1.807) is 24.2 Å². The fourth-order valence-electron chi connectivity index (χ4n) is 3.96. The van der Waals surface area contributed by atoms with Gasteiger partial charge in [0.1, 0.15) is 11.6 Å². The van der Waals surface area contributed by atoms with Crippen molar-refractivity contribution in [2.75, 3.05) is 23.9 Å². The third kappa shape index (κ3) is 7.10. The van der Waals surface area contributed by atoms with Gasteiger partial charge in [-0.2, -0.15) is 5.10 Å². The summed E-state index contributed by atoms with van der Waals surface area (Å²) in [5, 5.41) is 8.10. The monoisotopic (exact) mass is 561 g/mol. The molecule has 0 unspecified atom stereocenters. The lowest BCUT2D eigenvalue weighted by atomic mass is 9.92. The van der Waals surface area contributed by atoms with Crippen LogP contribution in [0.5, 0.6) is 0 Å². The lowest BCUT2D eigenvalue weighted by molar-refractivity contribution is -0.117. The first-order valence-corrected chi connectivity index (χ1v) is 13.8. The van der Waals surface area contributed by atoms with E-state index in [9.17, 15) is 9.59 Å². The Morgan fingerprint density at radius 3 is 2.52 bits per heavy atom. The lowest BCUT2D eigenvalue weighted by Crippen LogP contribution is -2.32. The predicted octanol–water partition coefficient (Wildman–Crippen LogP) is 5.31. The predicted molar refractivity (Wildman–Crippen MR) is 158 cm³/mol. The maximum absolute atomic E-state index is 12.8.